The molecule has 0 bridgehead atoms. The Morgan fingerprint density at radius 1 is 1.00 bits per heavy atom. The molecule has 0 saturated heterocycles. The summed E-state index contributed by atoms with van der Waals surface area (Å²) in [5.74, 6) is -0.304. The van der Waals surface area contributed by atoms with E-state index in [0.29, 0.717) is 16.5 Å². The number of nitro benzene ring substituents is 1. The summed E-state index contributed by atoms with van der Waals surface area (Å²) in [7, 11) is -4.26. The topological polar surface area (TPSA) is 139 Å². The molecule has 0 aliphatic rings. The average Bonchev–Trinajstić information content (AvgIpc) is 2.55. The van der Waals surface area contributed by atoms with Gasteiger partial charge in [-0.05, 0) is 29.7 Å². The van der Waals surface area contributed by atoms with E-state index in [4.69, 9.17) is 15.7 Å². The summed E-state index contributed by atoms with van der Waals surface area (Å²) in [5.41, 5.74) is 11.5. The van der Waals surface area contributed by atoms with Gasteiger partial charge in [-0.1, -0.05) is 18.2 Å². The van der Waals surface area contributed by atoms with Crippen molar-refractivity contribution in [2.24, 2.45) is 0 Å². The second-order valence-corrected chi connectivity index (χ2v) is 6.77. The number of benzene rings is 3. The zero-order chi connectivity index (χ0) is 18.2. The molecule has 0 amide bonds. The summed E-state index contributed by atoms with van der Waals surface area (Å²) in [6.07, 6.45) is 0. The van der Waals surface area contributed by atoms with E-state index in [1.54, 1.807) is 30.3 Å². The van der Waals surface area contributed by atoms with E-state index in [0.717, 1.165) is 12.1 Å². The molecule has 8 nitrogen and oxygen atoms in total. The standard InChI is InChI=1S/C16H13N3O5S/c17-11-4-6-13-10(8-11)2-1-3-16(13)25(22,23)24-15-9-12(19(20)21)5-7-14(15)18/h1-9H,17-18H2. The van der Waals surface area contributed by atoms with Gasteiger partial charge in [0.15, 0.2) is 5.75 Å². The van der Waals surface area contributed by atoms with E-state index < -0.39 is 15.0 Å². The molecule has 3 aromatic rings. The minimum Gasteiger partial charge on any atom is -0.399 e. The molecule has 0 heterocycles. The number of nitrogens with two attached hydrogens (primary N) is 2. The third-order valence-electron chi connectivity index (χ3n) is 3.54. The van der Waals surface area contributed by atoms with Crippen molar-refractivity contribution in [2.45, 2.75) is 4.90 Å². The van der Waals surface area contributed by atoms with Gasteiger partial charge in [0, 0.05) is 17.1 Å². The maximum atomic E-state index is 12.7. The van der Waals surface area contributed by atoms with Crippen LogP contribution in [0.15, 0.2) is 59.5 Å². The van der Waals surface area contributed by atoms with Crippen LogP contribution in [-0.2, 0) is 10.1 Å². The number of rotatable bonds is 4. The summed E-state index contributed by atoms with van der Waals surface area (Å²) in [4.78, 5) is 10.1. The van der Waals surface area contributed by atoms with Gasteiger partial charge in [0.05, 0.1) is 16.7 Å². The molecule has 3 rings (SSSR count). The summed E-state index contributed by atoms with van der Waals surface area (Å²) < 4.78 is 30.4. The highest BCUT2D eigenvalue weighted by Crippen LogP contribution is 2.32. The predicted octanol–water partition coefficient (Wildman–Crippen LogP) is 2.68. The molecule has 0 unspecified atom stereocenters. The zero-order valence-electron chi connectivity index (χ0n) is 12.7. The lowest BCUT2D eigenvalue weighted by molar-refractivity contribution is -0.384. The van der Waals surface area contributed by atoms with Gasteiger partial charge in [-0.3, -0.25) is 10.1 Å². The van der Waals surface area contributed by atoms with Gasteiger partial charge in [-0.25, -0.2) is 0 Å². The molecule has 0 fully saturated rings. The Morgan fingerprint density at radius 2 is 1.76 bits per heavy atom. The minimum atomic E-state index is -4.26. The second kappa shape index (κ2) is 5.95. The fourth-order valence-corrected chi connectivity index (χ4v) is 3.53. The van der Waals surface area contributed by atoms with Crippen molar-refractivity contribution >= 4 is 38.0 Å². The van der Waals surface area contributed by atoms with E-state index in [1.165, 1.54) is 12.1 Å². The van der Waals surface area contributed by atoms with Crippen LogP contribution in [0, 0.1) is 10.1 Å². The van der Waals surface area contributed by atoms with Crippen LogP contribution in [0.1, 0.15) is 0 Å². The van der Waals surface area contributed by atoms with Gasteiger partial charge in [0.2, 0.25) is 0 Å². The molecular formula is C16H13N3O5S. The van der Waals surface area contributed by atoms with Gasteiger partial charge in [-0.15, -0.1) is 0 Å². The summed E-state index contributed by atoms with van der Waals surface area (Å²) in [6, 6.07) is 12.8. The van der Waals surface area contributed by atoms with Crippen LogP contribution in [0.2, 0.25) is 0 Å². The van der Waals surface area contributed by atoms with E-state index in [-0.39, 0.29) is 22.0 Å². The zero-order valence-corrected chi connectivity index (χ0v) is 13.6. The Labute approximate surface area is 142 Å². The van der Waals surface area contributed by atoms with Crippen LogP contribution in [-0.4, -0.2) is 13.3 Å². The lowest BCUT2D eigenvalue weighted by Gasteiger charge is -2.11. The van der Waals surface area contributed by atoms with Crippen molar-refractivity contribution < 1.29 is 17.5 Å². The molecule has 0 saturated carbocycles. The molecule has 128 valence electrons. The third-order valence-corrected chi connectivity index (χ3v) is 4.83. The molecule has 0 aromatic heterocycles. The quantitative estimate of drug-likeness (QED) is 0.316. The molecule has 0 atom stereocenters. The number of nitrogen functional groups attached to an aromatic ring is 2. The molecule has 4 N–H and O–H groups in total. The maximum absolute atomic E-state index is 12.7. The van der Waals surface area contributed by atoms with Gasteiger partial charge < -0.3 is 15.7 Å². The molecule has 0 spiro atoms. The molecular weight excluding hydrogens is 346 g/mol. The van der Waals surface area contributed by atoms with Crippen LogP contribution in [0.25, 0.3) is 10.8 Å². The van der Waals surface area contributed by atoms with E-state index in [9.17, 15) is 18.5 Å². The SMILES string of the molecule is Nc1ccc2c(S(=O)(=O)Oc3cc([N+](=O)[O-])ccc3N)cccc2c1. The molecule has 0 radical (unpaired) electrons. The first-order valence-electron chi connectivity index (χ1n) is 7.04. The van der Waals surface area contributed by atoms with Crippen LogP contribution in [0.4, 0.5) is 17.1 Å². The van der Waals surface area contributed by atoms with Crippen molar-refractivity contribution in [2.75, 3.05) is 11.5 Å². The Hall–Kier alpha value is -3.33. The Kier molecular flexibility index (Phi) is 3.93. The first kappa shape index (κ1) is 16.5. The van der Waals surface area contributed by atoms with Crippen molar-refractivity contribution in [1.82, 2.24) is 0 Å². The largest absolute Gasteiger partial charge is 0.399 e. The monoisotopic (exact) mass is 359 g/mol. The number of non-ortho nitro benzene ring substituents is 1. The molecule has 25 heavy (non-hydrogen) atoms. The second-order valence-electron chi connectivity index (χ2n) is 5.25. The molecule has 0 aliphatic heterocycles. The van der Waals surface area contributed by atoms with E-state index in [1.807, 2.05) is 0 Å². The lowest BCUT2D eigenvalue weighted by Crippen LogP contribution is -2.11. The number of fused-ring (bicyclic) bond motifs is 1. The lowest BCUT2D eigenvalue weighted by atomic mass is 10.1. The summed E-state index contributed by atoms with van der Waals surface area (Å²) >= 11 is 0. The van der Waals surface area contributed by atoms with Crippen LogP contribution in [0.5, 0.6) is 5.75 Å². The highest BCUT2D eigenvalue weighted by atomic mass is 32.2. The normalized spacial score (nSPS) is 11.4. The van der Waals surface area contributed by atoms with Crippen molar-refractivity contribution in [3.63, 3.8) is 0 Å². The molecule has 3 aromatic carbocycles. The van der Waals surface area contributed by atoms with E-state index in [2.05, 4.69) is 0 Å². The molecule has 9 heteroatoms. The van der Waals surface area contributed by atoms with Gasteiger partial charge in [-0.2, -0.15) is 8.42 Å². The van der Waals surface area contributed by atoms with Crippen LogP contribution in [0.3, 0.4) is 0 Å². The number of nitrogens with zero attached hydrogens (tertiary/aromatic N) is 1. The molecule has 0 aliphatic carbocycles. The van der Waals surface area contributed by atoms with Crippen molar-refractivity contribution in [3.8, 4) is 5.75 Å². The highest BCUT2D eigenvalue weighted by Gasteiger charge is 2.22. The fraction of sp³-hybridized carbons (Fsp3) is 0. The number of hydrogen-bond acceptors (Lipinski definition) is 7. The van der Waals surface area contributed by atoms with Gasteiger partial charge >= 0.3 is 10.1 Å². The van der Waals surface area contributed by atoms with E-state index >= 15 is 0 Å². The summed E-state index contributed by atoms with van der Waals surface area (Å²) in [5, 5.41) is 11.9. The van der Waals surface area contributed by atoms with Crippen LogP contribution < -0.4 is 15.7 Å². The Balaban J connectivity index is 2.10. The number of anilines is 2. The smallest absolute Gasteiger partial charge is 0.339 e. The van der Waals surface area contributed by atoms with Crippen LogP contribution >= 0.6 is 0 Å². The fourth-order valence-electron chi connectivity index (χ4n) is 2.36. The minimum absolute atomic E-state index is 0.0290. The maximum Gasteiger partial charge on any atom is 0.339 e. The average molecular weight is 359 g/mol. The van der Waals surface area contributed by atoms with Gasteiger partial charge in [0.1, 0.15) is 4.90 Å². The highest BCUT2D eigenvalue weighted by molar-refractivity contribution is 7.87. The van der Waals surface area contributed by atoms with Crippen molar-refractivity contribution in [3.05, 3.63) is 64.7 Å². The van der Waals surface area contributed by atoms with Gasteiger partial charge in [0.25, 0.3) is 5.69 Å². The first-order valence-corrected chi connectivity index (χ1v) is 8.45. The Morgan fingerprint density at radius 3 is 2.48 bits per heavy atom. The van der Waals surface area contributed by atoms with Crippen molar-refractivity contribution in [1.29, 1.82) is 0 Å². The predicted molar refractivity (Wildman–Crippen MR) is 93.7 cm³/mol. The Bertz CT molecular complexity index is 1100. The third kappa shape index (κ3) is 3.17. The summed E-state index contributed by atoms with van der Waals surface area (Å²) in [6.45, 7) is 0. The first-order chi connectivity index (χ1) is 11.8. The number of hydrogen-bond donors (Lipinski definition) is 2. The number of nitro groups is 1.